The van der Waals surface area contributed by atoms with Gasteiger partial charge in [-0.1, -0.05) is 41.9 Å². The predicted octanol–water partition coefficient (Wildman–Crippen LogP) is 3.81. The molecule has 0 aliphatic carbocycles. The van der Waals surface area contributed by atoms with Gasteiger partial charge in [0.1, 0.15) is 23.7 Å². The Kier molecular flexibility index (Phi) is 5.76. The molecule has 1 heterocycles. The smallest absolute Gasteiger partial charge is 0.270 e. The maximum atomic E-state index is 13.6. The molecule has 0 aliphatic heterocycles. The van der Waals surface area contributed by atoms with Crippen molar-refractivity contribution in [3.05, 3.63) is 88.6 Å². The molecule has 2 N–H and O–H groups in total. The summed E-state index contributed by atoms with van der Waals surface area (Å²) in [5, 5.41) is 6.45. The number of carbonyl (C=O) groups excluding carboxylic acids is 1. The van der Waals surface area contributed by atoms with E-state index in [-0.39, 0.29) is 18.1 Å². The summed E-state index contributed by atoms with van der Waals surface area (Å²) in [5.74, 6) is -0.239. The second-order valence-electron chi connectivity index (χ2n) is 5.54. The maximum Gasteiger partial charge on any atom is 0.270 e. The minimum absolute atomic E-state index is 0.0864. The van der Waals surface area contributed by atoms with Crippen LogP contribution in [0.4, 0.5) is 10.2 Å². The van der Waals surface area contributed by atoms with Crippen LogP contribution in [0, 0.1) is 5.82 Å². The van der Waals surface area contributed by atoms with Crippen molar-refractivity contribution in [2.75, 3.05) is 5.32 Å². The van der Waals surface area contributed by atoms with E-state index in [1.807, 2.05) is 12.1 Å². The van der Waals surface area contributed by atoms with E-state index in [1.54, 1.807) is 36.4 Å². The number of hydrogen-bond donors (Lipinski definition) is 2. The average molecular weight is 371 g/mol. The number of carbonyl (C=O) groups is 1. The van der Waals surface area contributed by atoms with E-state index in [0.29, 0.717) is 22.9 Å². The number of nitrogens with zero attached hydrogens (tertiary/aromatic N) is 2. The highest BCUT2D eigenvalue weighted by Gasteiger charge is 2.10. The fourth-order valence-corrected chi connectivity index (χ4v) is 2.41. The Bertz CT molecular complexity index is 902. The SMILES string of the molecule is O=C(NCc1ccccc1F)c1cc(NCc2ccc(Cl)cc2)ncn1. The van der Waals surface area contributed by atoms with Gasteiger partial charge in [0.2, 0.25) is 0 Å². The lowest BCUT2D eigenvalue weighted by atomic mass is 10.2. The van der Waals surface area contributed by atoms with Crippen molar-refractivity contribution in [1.29, 1.82) is 0 Å². The third kappa shape index (κ3) is 4.77. The van der Waals surface area contributed by atoms with Crippen molar-refractivity contribution in [3.63, 3.8) is 0 Å². The van der Waals surface area contributed by atoms with E-state index in [4.69, 9.17) is 11.6 Å². The standard InChI is InChI=1S/C19H16ClFN4O/c20-15-7-5-13(6-8-15)10-22-18-9-17(24-12-25-18)19(26)23-11-14-3-1-2-4-16(14)21/h1-9,12H,10-11H2,(H,23,26)(H,22,24,25). The molecule has 0 saturated heterocycles. The third-order valence-electron chi connectivity index (χ3n) is 3.68. The van der Waals surface area contributed by atoms with Crippen molar-refractivity contribution >= 4 is 23.3 Å². The van der Waals surface area contributed by atoms with Crippen LogP contribution in [0.15, 0.2) is 60.9 Å². The van der Waals surface area contributed by atoms with E-state index >= 15 is 0 Å². The van der Waals surface area contributed by atoms with E-state index in [1.165, 1.54) is 12.4 Å². The largest absolute Gasteiger partial charge is 0.366 e. The van der Waals surface area contributed by atoms with Crippen LogP contribution in [-0.2, 0) is 13.1 Å². The number of benzene rings is 2. The quantitative estimate of drug-likeness (QED) is 0.692. The first kappa shape index (κ1) is 17.8. The molecule has 0 saturated carbocycles. The Morgan fingerprint density at radius 3 is 2.58 bits per heavy atom. The second-order valence-corrected chi connectivity index (χ2v) is 5.98. The van der Waals surface area contributed by atoms with Crippen LogP contribution in [0.3, 0.4) is 0 Å². The van der Waals surface area contributed by atoms with Crippen LogP contribution >= 0.6 is 11.6 Å². The monoisotopic (exact) mass is 370 g/mol. The van der Waals surface area contributed by atoms with E-state index < -0.39 is 5.91 Å². The van der Waals surface area contributed by atoms with Crippen LogP contribution in [0.25, 0.3) is 0 Å². The zero-order valence-corrected chi connectivity index (χ0v) is 14.5. The number of hydrogen-bond acceptors (Lipinski definition) is 4. The number of aromatic nitrogens is 2. The minimum Gasteiger partial charge on any atom is -0.366 e. The van der Waals surface area contributed by atoms with Gasteiger partial charge in [-0.3, -0.25) is 4.79 Å². The Hall–Kier alpha value is -2.99. The van der Waals surface area contributed by atoms with E-state index in [0.717, 1.165) is 5.56 Å². The van der Waals surface area contributed by atoms with Gasteiger partial charge in [0.15, 0.2) is 0 Å². The average Bonchev–Trinajstić information content (AvgIpc) is 2.67. The summed E-state index contributed by atoms with van der Waals surface area (Å²) in [4.78, 5) is 20.3. The molecule has 0 unspecified atom stereocenters. The van der Waals surface area contributed by atoms with Crippen molar-refractivity contribution in [2.45, 2.75) is 13.1 Å². The highest BCUT2D eigenvalue weighted by atomic mass is 35.5. The summed E-state index contributed by atoms with van der Waals surface area (Å²) in [6.07, 6.45) is 1.31. The zero-order chi connectivity index (χ0) is 18.4. The van der Waals surface area contributed by atoms with Crippen molar-refractivity contribution in [1.82, 2.24) is 15.3 Å². The first-order valence-corrected chi connectivity index (χ1v) is 8.31. The Labute approximate surface area is 155 Å². The van der Waals surface area contributed by atoms with Gasteiger partial charge < -0.3 is 10.6 Å². The molecule has 0 fully saturated rings. The second kappa shape index (κ2) is 8.40. The van der Waals surface area contributed by atoms with Gasteiger partial charge in [-0.2, -0.15) is 0 Å². The fourth-order valence-electron chi connectivity index (χ4n) is 2.28. The predicted molar refractivity (Wildman–Crippen MR) is 98.4 cm³/mol. The Balaban J connectivity index is 1.60. The summed E-state index contributed by atoms with van der Waals surface area (Å²) in [7, 11) is 0. The molecule has 0 spiro atoms. The first-order valence-electron chi connectivity index (χ1n) is 7.94. The van der Waals surface area contributed by atoms with Gasteiger partial charge in [0.05, 0.1) is 0 Å². The highest BCUT2D eigenvalue weighted by molar-refractivity contribution is 6.30. The molecule has 0 atom stereocenters. The molecule has 0 bridgehead atoms. The van der Waals surface area contributed by atoms with Gasteiger partial charge in [-0.05, 0) is 23.8 Å². The summed E-state index contributed by atoms with van der Waals surface area (Å²) in [5.41, 5.74) is 1.64. The highest BCUT2D eigenvalue weighted by Crippen LogP contribution is 2.12. The Morgan fingerprint density at radius 2 is 1.81 bits per heavy atom. The van der Waals surface area contributed by atoms with E-state index in [2.05, 4.69) is 20.6 Å². The van der Waals surface area contributed by atoms with Crippen LogP contribution in [0.2, 0.25) is 5.02 Å². The van der Waals surface area contributed by atoms with Crippen LogP contribution in [-0.4, -0.2) is 15.9 Å². The molecule has 1 aromatic heterocycles. The summed E-state index contributed by atoms with van der Waals surface area (Å²) in [6.45, 7) is 0.619. The number of nitrogens with one attached hydrogen (secondary N) is 2. The molecule has 132 valence electrons. The van der Waals surface area contributed by atoms with Gasteiger partial charge in [0.25, 0.3) is 5.91 Å². The van der Waals surface area contributed by atoms with Crippen molar-refractivity contribution in [2.24, 2.45) is 0 Å². The molecule has 7 heteroatoms. The number of rotatable bonds is 6. The fraction of sp³-hybridized carbons (Fsp3) is 0.105. The molecule has 26 heavy (non-hydrogen) atoms. The summed E-state index contributed by atoms with van der Waals surface area (Å²) >= 11 is 5.86. The zero-order valence-electron chi connectivity index (χ0n) is 13.7. The van der Waals surface area contributed by atoms with Crippen LogP contribution in [0.5, 0.6) is 0 Å². The third-order valence-corrected chi connectivity index (χ3v) is 3.94. The van der Waals surface area contributed by atoms with Gasteiger partial charge in [-0.15, -0.1) is 0 Å². The maximum absolute atomic E-state index is 13.6. The molecule has 5 nitrogen and oxygen atoms in total. The lowest BCUT2D eigenvalue weighted by molar-refractivity contribution is 0.0945. The molecule has 3 rings (SSSR count). The van der Waals surface area contributed by atoms with Crippen molar-refractivity contribution < 1.29 is 9.18 Å². The number of amides is 1. The first-order chi connectivity index (χ1) is 12.6. The summed E-state index contributed by atoms with van der Waals surface area (Å²) in [6, 6.07) is 15.3. The lowest BCUT2D eigenvalue weighted by Crippen LogP contribution is -2.24. The normalized spacial score (nSPS) is 10.4. The molecule has 1 amide bonds. The Morgan fingerprint density at radius 1 is 1.04 bits per heavy atom. The molecule has 0 aliphatic rings. The summed E-state index contributed by atoms with van der Waals surface area (Å²) < 4.78 is 13.6. The van der Waals surface area contributed by atoms with E-state index in [9.17, 15) is 9.18 Å². The van der Waals surface area contributed by atoms with Crippen LogP contribution < -0.4 is 10.6 Å². The molecule has 3 aromatic rings. The minimum atomic E-state index is -0.398. The lowest BCUT2D eigenvalue weighted by Gasteiger charge is -2.08. The molecular weight excluding hydrogens is 355 g/mol. The molecule has 0 radical (unpaired) electrons. The van der Waals surface area contributed by atoms with Gasteiger partial charge >= 0.3 is 0 Å². The molecular formula is C19H16ClFN4O. The van der Waals surface area contributed by atoms with Gasteiger partial charge in [0, 0.05) is 29.7 Å². The number of anilines is 1. The van der Waals surface area contributed by atoms with Crippen LogP contribution in [0.1, 0.15) is 21.6 Å². The number of halogens is 2. The van der Waals surface area contributed by atoms with Gasteiger partial charge in [-0.25, -0.2) is 14.4 Å². The van der Waals surface area contributed by atoms with Crippen molar-refractivity contribution in [3.8, 4) is 0 Å². The topological polar surface area (TPSA) is 66.9 Å². The molecule has 2 aromatic carbocycles.